The van der Waals surface area contributed by atoms with E-state index in [2.05, 4.69) is 20.3 Å². The fraction of sp³-hybridized carbons (Fsp3) is 0.0870. The number of fused-ring (bicyclic) bond motifs is 1. The van der Waals surface area contributed by atoms with Crippen molar-refractivity contribution in [2.75, 3.05) is 19.0 Å². The van der Waals surface area contributed by atoms with E-state index in [4.69, 9.17) is 16.3 Å². The molecule has 4 aromatic rings. The molecule has 0 bridgehead atoms. The maximum absolute atomic E-state index is 11.2. The number of nitrogens with zero attached hydrogens (tertiary/aromatic N) is 2. The van der Waals surface area contributed by atoms with Crippen LogP contribution in [0.5, 0.6) is 5.75 Å². The zero-order chi connectivity index (χ0) is 20.9. The molecule has 0 radical (unpaired) electrons. The average molecular weight is 420 g/mol. The average Bonchev–Trinajstić information content (AvgIpc) is 2.79. The van der Waals surface area contributed by atoms with Gasteiger partial charge >= 0.3 is 5.97 Å². The normalized spacial score (nSPS) is 10.6. The number of anilines is 2. The fourth-order valence-electron chi connectivity index (χ4n) is 2.99. The second kappa shape index (κ2) is 8.80. The Bertz CT molecular complexity index is 1180. The van der Waals surface area contributed by atoms with Gasteiger partial charge in [0, 0.05) is 27.0 Å². The lowest BCUT2D eigenvalue weighted by Crippen LogP contribution is -2.12. The van der Waals surface area contributed by atoms with Gasteiger partial charge in [0.15, 0.2) is 12.4 Å². The highest BCUT2D eigenvalue weighted by Gasteiger charge is 2.12. The van der Waals surface area contributed by atoms with E-state index in [9.17, 15) is 4.79 Å². The van der Waals surface area contributed by atoms with E-state index in [1.54, 1.807) is 12.1 Å². The highest BCUT2D eigenvalue weighted by atomic mass is 35.5. The molecule has 1 heterocycles. The Morgan fingerprint density at radius 2 is 1.63 bits per heavy atom. The molecular weight excluding hydrogens is 402 g/mol. The minimum Gasteiger partial charge on any atom is -0.482 e. The van der Waals surface area contributed by atoms with Gasteiger partial charge in [0.05, 0.1) is 7.11 Å². The molecule has 0 unspecified atom stereocenters. The standard InChI is InChI=1S/C23H18ClN3O3/c1-29-21(28)14-30-18-12-6-15(7-13-18)22-19-4-2-3-5-20(19)23(27-26-22)25-17-10-8-16(24)9-11-17/h2-13H,14H2,1H3,(H,25,27). The number of ether oxygens (including phenoxy) is 2. The molecule has 150 valence electrons. The van der Waals surface area contributed by atoms with Gasteiger partial charge in [-0.25, -0.2) is 4.79 Å². The second-order valence-corrected chi connectivity index (χ2v) is 6.90. The molecule has 7 heteroatoms. The van der Waals surface area contributed by atoms with Gasteiger partial charge in [0.25, 0.3) is 0 Å². The number of rotatable bonds is 6. The number of hydrogen-bond acceptors (Lipinski definition) is 6. The van der Waals surface area contributed by atoms with Crippen LogP contribution in [-0.2, 0) is 9.53 Å². The summed E-state index contributed by atoms with van der Waals surface area (Å²) >= 11 is 5.96. The first-order valence-electron chi connectivity index (χ1n) is 9.22. The lowest BCUT2D eigenvalue weighted by atomic mass is 10.0. The van der Waals surface area contributed by atoms with E-state index in [0.29, 0.717) is 16.6 Å². The van der Waals surface area contributed by atoms with Crippen LogP contribution in [0.3, 0.4) is 0 Å². The van der Waals surface area contributed by atoms with Crippen LogP contribution in [0.4, 0.5) is 11.5 Å². The summed E-state index contributed by atoms with van der Waals surface area (Å²) < 4.78 is 9.98. The van der Waals surface area contributed by atoms with Crippen LogP contribution in [0.25, 0.3) is 22.0 Å². The van der Waals surface area contributed by atoms with Gasteiger partial charge in [0.1, 0.15) is 11.4 Å². The maximum Gasteiger partial charge on any atom is 0.343 e. The summed E-state index contributed by atoms with van der Waals surface area (Å²) in [6.45, 7) is -0.135. The Morgan fingerprint density at radius 3 is 2.33 bits per heavy atom. The molecule has 0 aliphatic heterocycles. The first-order valence-corrected chi connectivity index (χ1v) is 9.60. The Kier molecular flexibility index (Phi) is 5.77. The summed E-state index contributed by atoms with van der Waals surface area (Å²) in [7, 11) is 1.32. The predicted octanol–water partition coefficient (Wildman–Crippen LogP) is 5.25. The molecule has 1 aromatic heterocycles. The minimum atomic E-state index is -0.431. The molecule has 0 spiro atoms. The Labute approximate surface area is 178 Å². The van der Waals surface area contributed by atoms with Gasteiger partial charge in [-0.2, -0.15) is 0 Å². The first kappa shape index (κ1) is 19.7. The molecule has 4 rings (SSSR count). The van der Waals surface area contributed by atoms with Crippen LogP contribution in [0.2, 0.25) is 5.02 Å². The van der Waals surface area contributed by atoms with Gasteiger partial charge in [-0.3, -0.25) is 0 Å². The summed E-state index contributed by atoms with van der Waals surface area (Å²) in [5.41, 5.74) is 2.52. The monoisotopic (exact) mass is 419 g/mol. The smallest absolute Gasteiger partial charge is 0.343 e. The summed E-state index contributed by atoms with van der Waals surface area (Å²) in [5.74, 6) is 0.803. The van der Waals surface area contributed by atoms with Gasteiger partial charge < -0.3 is 14.8 Å². The SMILES string of the molecule is COC(=O)COc1ccc(-c2nnc(Nc3ccc(Cl)cc3)c3ccccc23)cc1. The van der Waals surface area contributed by atoms with Crippen LogP contribution in [0, 0.1) is 0 Å². The van der Waals surface area contributed by atoms with E-state index >= 15 is 0 Å². The third kappa shape index (κ3) is 4.34. The summed E-state index contributed by atoms with van der Waals surface area (Å²) in [6, 6.07) is 22.7. The number of halogens is 1. The highest BCUT2D eigenvalue weighted by Crippen LogP contribution is 2.32. The molecular formula is C23H18ClN3O3. The number of benzene rings is 3. The largest absolute Gasteiger partial charge is 0.482 e. The molecule has 30 heavy (non-hydrogen) atoms. The Morgan fingerprint density at radius 1 is 0.933 bits per heavy atom. The fourth-order valence-corrected chi connectivity index (χ4v) is 3.12. The Balaban J connectivity index is 1.64. The number of aromatic nitrogens is 2. The molecule has 0 saturated heterocycles. The van der Waals surface area contributed by atoms with Gasteiger partial charge in [-0.1, -0.05) is 35.9 Å². The summed E-state index contributed by atoms with van der Waals surface area (Å²) in [5, 5.41) is 14.7. The zero-order valence-electron chi connectivity index (χ0n) is 16.1. The number of methoxy groups -OCH3 is 1. The molecule has 6 nitrogen and oxygen atoms in total. The van der Waals surface area contributed by atoms with Crippen molar-refractivity contribution in [2.45, 2.75) is 0 Å². The van der Waals surface area contributed by atoms with E-state index in [0.717, 1.165) is 27.7 Å². The van der Waals surface area contributed by atoms with Crippen molar-refractivity contribution >= 4 is 39.8 Å². The number of hydrogen-bond donors (Lipinski definition) is 1. The predicted molar refractivity (Wildman–Crippen MR) is 117 cm³/mol. The van der Waals surface area contributed by atoms with Gasteiger partial charge in [0.2, 0.25) is 0 Å². The molecule has 0 atom stereocenters. The molecule has 0 aliphatic carbocycles. The van der Waals surface area contributed by atoms with E-state index < -0.39 is 5.97 Å². The van der Waals surface area contributed by atoms with Crippen molar-refractivity contribution in [2.24, 2.45) is 0 Å². The molecule has 3 aromatic carbocycles. The molecule has 0 fully saturated rings. The van der Waals surface area contributed by atoms with Crippen molar-refractivity contribution in [1.82, 2.24) is 10.2 Å². The molecule has 1 N–H and O–H groups in total. The van der Waals surface area contributed by atoms with Crippen molar-refractivity contribution < 1.29 is 14.3 Å². The van der Waals surface area contributed by atoms with Crippen molar-refractivity contribution in [3.63, 3.8) is 0 Å². The highest BCUT2D eigenvalue weighted by molar-refractivity contribution is 6.30. The van der Waals surface area contributed by atoms with Crippen LogP contribution >= 0.6 is 11.6 Å². The lowest BCUT2D eigenvalue weighted by molar-refractivity contribution is -0.142. The maximum atomic E-state index is 11.2. The van der Waals surface area contributed by atoms with Crippen LogP contribution in [0.1, 0.15) is 0 Å². The van der Waals surface area contributed by atoms with E-state index in [1.165, 1.54) is 7.11 Å². The third-order valence-electron chi connectivity index (χ3n) is 4.51. The lowest BCUT2D eigenvalue weighted by Gasteiger charge is -2.12. The van der Waals surface area contributed by atoms with Gasteiger partial charge in [-0.15, -0.1) is 10.2 Å². The second-order valence-electron chi connectivity index (χ2n) is 6.46. The summed E-state index contributed by atoms with van der Waals surface area (Å²) in [6.07, 6.45) is 0. The number of carbonyl (C=O) groups excluding carboxylic acids is 1. The van der Waals surface area contributed by atoms with Gasteiger partial charge in [-0.05, 0) is 48.5 Å². The first-order chi connectivity index (χ1) is 14.6. The number of carbonyl (C=O) groups is 1. The molecule has 0 aliphatic rings. The van der Waals surface area contributed by atoms with E-state index in [-0.39, 0.29) is 6.61 Å². The zero-order valence-corrected chi connectivity index (χ0v) is 16.9. The van der Waals surface area contributed by atoms with Crippen molar-refractivity contribution in [1.29, 1.82) is 0 Å². The quantitative estimate of drug-likeness (QED) is 0.430. The van der Waals surface area contributed by atoms with E-state index in [1.807, 2.05) is 60.7 Å². The van der Waals surface area contributed by atoms with Crippen molar-refractivity contribution in [3.8, 4) is 17.0 Å². The third-order valence-corrected chi connectivity index (χ3v) is 4.76. The van der Waals surface area contributed by atoms with Crippen LogP contribution in [-0.4, -0.2) is 29.9 Å². The molecule has 0 amide bonds. The number of esters is 1. The van der Waals surface area contributed by atoms with Crippen LogP contribution < -0.4 is 10.1 Å². The molecule has 0 saturated carbocycles. The van der Waals surface area contributed by atoms with Crippen LogP contribution in [0.15, 0.2) is 72.8 Å². The topological polar surface area (TPSA) is 73.3 Å². The summed E-state index contributed by atoms with van der Waals surface area (Å²) in [4.78, 5) is 11.2. The minimum absolute atomic E-state index is 0.135. The Hall–Kier alpha value is -3.64. The van der Waals surface area contributed by atoms with Crippen molar-refractivity contribution in [3.05, 3.63) is 77.8 Å². The number of nitrogens with one attached hydrogen (secondary N) is 1.